The van der Waals surface area contributed by atoms with E-state index in [0.717, 1.165) is 30.4 Å². The highest BCUT2D eigenvalue weighted by Gasteiger charge is 2.25. The molecule has 136 valence electrons. The zero-order valence-electron chi connectivity index (χ0n) is 13.6. The Morgan fingerprint density at radius 2 is 2.04 bits per heavy atom. The predicted molar refractivity (Wildman–Crippen MR) is 96.2 cm³/mol. The van der Waals surface area contributed by atoms with Crippen molar-refractivity contribution < 1.29 is 17.6 Å². The highest BCUT2D eigenvalue weighted by atomic mass is 35.5. The summed E-state index contributed by atoms with van der Waals surface area (Å²) in [5, 5.41) is 2.62. The molecule has 9 heteroatoms. The maximum atomic E-state index is 12.4. The summed E-state index contributed by atoms with van der Waals surface area (Å²) in [6, 6.07) is 8.14. The highest BCUT2D eigenvalue weighted by Crippen LogP contribution is 2.31. The van der Waals surface area contributed by atoms with Crippen LogP contribution >= 0.6 is 12.4 Å². The lowest BCUT2D eigenvalue weighted by Crippen LogP contribution is -2.30. The third-order valence-corrected chi connectivity index (χ3v) is 5.41. The summed E-state index contributed by atoms with van der Waals surface area (Å²) in [4.78, 5) is 12.4. The fraction of sp³-hybridized carbons (Fsp3) is 0.312. The van der Waals surface area contributed by atoms with Gasteiger partial charge in [0.15, 0.2) is 5.76 Å². The molecule has 7 nitrogen and oxygen atoms in total. The van der Waals surface area contributed by atoms with Crippen LogP contribution in [0.15, 0.2) is 39.8 Å². The van der Waals surface area contributed by atoms with Crippen LogP contribution in [0.25, 0.3) is 0 Å². The van der Waals surface area contributed by atoms with Crippen molar-refractivity contribution in [1.82, 2.24) is 10.0 Å². The fourth-order valence-electron chi connectivity index (χ4n) is 2.90. The SMILES string of the molecule is CNS(=O)(=O)c1ccc(C(=O)NC2CCCc3cc(N)ccc32)o1.Cl. The van der Waals surface area contributed by atoms with Crippen LogP contribution in [0.3, 0.4) is 0 Å². The molecule has 4 N–H and O–H groups in total. The van der Waals surface area contributed by atoms with E-state index in [-0.39, 0.29) is 29.3 Å². The van der Waals surface area contributed by atoms with Crippen molar-refractivity contribution in [3.05, 3.63) is 47.2 Å². The molecular formula is C16H20ClN3O4S. The number of rotatable bonds is 4. The van der Waals surface area contributed by atoms with Gasteiger partial charge in [0.2, 0.25) is 5.09 Å². The van der Waals surface area contributed by atoms with Gasteiger partial charge in [-0.05, 0) is 61.7 Å². The van der Waals surface area contributed by atoms with Crippen LogP contribution in [0.4, 0.5) is 5.69 Å². The number of nitrogens with one attached hydrogen (secondary N) is 2. The summed E-state index contributed by atoms with van der Waals surface area (Å²) in [6.07, 6.45) is 2.68. The van der Waals surface area contributed by atoms with Gasteiger partial charge in [-0.3, -0.25) is 4.79 Å². The Kier molecular flexibility index (Phi) is 5.76. The minimum Gasteiger partial charge on any atom is -0.438 e. The van der Waals surface area contributed by atoms with E-state index >= 15 is 0 Å². The van der Waals surface area contributed by atoms with Gasteiger partial charge in [0.05, 0.1) is 6.04 Å². The van der Waals surface area contributed by atoms with Crippen molar-refractivity contribution in [2.45, 2.75) is 30.4 Å². The average Bonchev–Trinajstić information content (AvgIpc) is 3.05. The third kappa shape index (κ3) is 3.97. The van der Waals surface area contributed by atoms with Crippen molar-refractivity contribution in [3.8, 4) is 0 Å². The molecule has 1 atom stereocenters. The molecule has 0 bridgehead atoms. The summed E-state index contributed by atoms with van der Waals surface area (Å²) in [5.41, 5.74) is 8.68. The molecule has 1 aromatic heterocycles. The van der Waals surface area contributed by atoms with Gasteiger partial charge in [0, 0.05) is 5.69 Å². The third-order valence-electron chi connectivity index (χ3n) is 4.13. The summed E-state index contributed by atoms with van der Waals surface area (Å²) in [5.74, 6) is -0.478. The van der Waals surface area contributed by atoms with E-state index in [9.17, 15) is 13.2 Å². The number of nitrogens with two attached hydrogens (primary N) is 1. The molecular weight excluding hydrogens is 366 g/mol. The van der Waals surface area contributed by atoms with Crippen LogP contribution in [0.2, 0.25) is 0 Å². The van der Waals surface area contributed by atoms with Gasteiger partial charge in [-0.25, -0.2) is 13.1 Å². The van der Waals surface area contributed by atoms with E-state index in [2.05, 4.69) is 10.0 Å². The van der Waals surface area contributed by atoms with E-state index in [1.54, 1.807) is 0 Å². The van der Waals surface area contributed by atoms with E-state index in [0.29, 0.717) is 5.69 Å². The van der Waals surface area contributed by atoms with E-state index in [1.165, 1.54) is 19.2 Å². The second kappa shape index (κ2) is 7.47. The maximum Gasteiger partial charge on any atom is 0.287 e. The van der Waals surface area contributed by atoms with Crippen LogP contribution in [0.1, 0.15) is 40.6 Å². The monoisotopic (exact) mass is 385 g/mol. The molecule has 0 spiro atoms. The molecule has 0 aliphatic heterocycles. The Morgan fingerprint density at radius 1 is 1.28 bits per heavy atom. The van der Waals surface area contributed by atoms with Crippen LogP contribution in [0.5, 0.6) is 0 Å². The number of nitrogen functional groups attached to an aromatic ring is 1. The van der Waals surface area contributed by atoms with Crippen molar-refractivity contribution in [2.75, 3.05) is 12.8 Å². The molecule has 1 amide bonds. The van der Waals surface area contributed by atoms with E-state index < -0.39 is 15.9 Å². The molecule has 25 heavy (non-hydrogen) atoms. The lowest BCUT2D eigenvalue weighted by molar-refractivity contribution is 0.0899. The molecule has 1 aromatic carbocycles. The largest absolute Gasteiger partial charge is 0.438 e. The number of hydrogen-bond donors (Lipinski definition) is 3. The molecule has 0 radical (unpaired) electrons. The second-order valence-corrected chi connectivity index (χ2v) is 7.52. The number of hydrogen-bond acceptors (Lipinski definition) is 5. The topological polar surface area (TPSA) is 114 Å². The standard InChI is InChI=1S/C16H19N3O4S.ClH/c1-18-24(21,22)15-8-7-14(23-15)16(20)19-13-4-2-3-10-9-11(17)5-6-12(10)13;/h5-9,13,18H,2-4,17H2,1H3,(H,19,20);1H. The van der Waals surface area contributed by atoms with Crippen molar-refractivity contribution >= 4 is 34.0 Å². The number of carbonyl (C=O) groups excluding carboxylic acids is 1. The first-order chi connectivity index (χ1) is 11.4. The first-order valence-corrected chi connectivity index (χ1v) is 9.11. The quantitative estimate of drug-likeness (QED) is 0.696. The minimum absolute atomic E-state index is 0. The number of anilines is 1. The Hall–Kier alpha value is -2.03. The van der Waals surface area contributed by atoms with E-state index in [4.69, 9.17) is 10.2 Å². The number of sulfonamides is 1. The fourth-order valence-corrected chi connectivity index (χ4v) is 3.55. The van der Waals surface area contributed by atoms with Gasteiger partial charge in [-0.2, -0.15) is 0 Å². The molecule has 0 saturated heterocycles. The van der Waals surface area contributed by atoms with Crippen LogP contribution in [0, 0.1) is 0 Å². The minimum atomic E-state index is -3.71. The van der Waals surface area contributed by atoms with Crippen LogP contribution in [-0.4, -0.2) is 21.4 Å². The Morgan fingerprint density at radius 3 is 2.76 bits per heavy atom. The number of benzene rings is 1. The number of furan rings is 1. The van der Waals surface area contributed by atoms with Crippen LogP contribution < -0.4 is 15.8 Å². The van der Waals surface area contributed by atoms with Gasteiger partial charge in [-0.15, -0.1) is 12.4 Å². The summed E-state index contributed by atoms with van der Waals surface area (Å²) < 4.78 is 30.7. The molecule has 1 heterocycles. The maximum absolute atomic E-state index is 12.4. The molecule has 1 unspecified atom stereocenters. The smallest absolute Gasteiger partial charge is 0.287 e. The number of amides is 1. The Labute approximate surface area is 152 Å². The summed E-state index contributed by atoms with van der Waals surface area (Å²) in [6.45, 7) is 0. The van der Waals surface area contributed by atoms with Gasteiger partial charge in [0.25, 0.3) is 15.9 Å². The van der Waals surface area contributed by atoms with Gasteiger partial charge < -0.3 is 15.5 Å². The number of carbonyl (C=O) groups is 1. The lowest BCUT2D eigenvalue weighted by atomic mass is 9.87. The normalized spacial score (nSPS) is 16.6. The lowest BCUT2D eigenvalue weighted by Gasteiger charge is -2.26. The number of aryl methyl sites for hydroxylation is 1. The van der Waals surface area contributed by atoms with Gasteiger partial charge >= 0.3 is 0 Å². The Bertz CT molecular complexity index is 879. The van der Waals surface area contributed by atoms with Crippen molar-refractivity contribution in [1.29, 1.82) is 0 Å². The number of halogens is 1. The van der Waals surface area contributed by atoms with Crippen LogP contribution in [-0.2, 0) is 16.4 Å². The summed E-state index contributed by atoms with van der Waals surface area (Å²) in [7, 11) is -2.43. The average molecular weight is 386 g/mol. The van der Waals surface area contributed by atoms with Crippen molar-refractivity contribution in [2.24, 2.45) is 0 Å². The first kappa shape index (κ1) is 19.3. The highest BCUT2D eigenvalue weighted by molar-refractivity contribution is 7.89. The molecule has 0 saturated carbocycles. The Balaban J connectivity index is 0.00000225. The molecule has 1 aliphatic rings. The van der Waals surface area contributed by atoms with Gasteiger partial charge in [0.1, 0.15) is 0 Å². The predicted octanol–water partition coefficient (Wildman–Crippen LogP) is 2.00. The second-order valence-electron chi connectivity index (χ2n) is 5.70. The van der Waals surface area contributed by atoms with Gasteiger partial charge in [-0.1, -0.05) is 6.07 Å². The molecule has 0 fully saturated rings. The van der Waals surface area contributed by atoms with Crippen molar-refractivity contribution in [3.63, 3.8) is 0 Å². The first-order valence-electron chi connectivity index (χ1n) is 7.63. The van der Waals surface area contributed by atoms with E-state index in [1.807, 2.05) is 18.2 Å². The molecule has 2 aromatic rings. The molecule has 3 rings (SSSR count). The summed E-state index contributed by atoms with van der Waals surface area (Å²) >= 11 is 0. The zero-order chi connectivity index (χ0) is 17.3. The number of fused-ring (bicyclic) bond motifs is 1. The zero-order valence-corrected chi connectivity index (χ0v) is 15.2. The molecule has 1 aliphatic carbocycles.